The fourth-order valence-corrected chi connectivity index (χ4v) is 2.16. The van der Waals surface area contributed by atoms with Crippen LogP contribution < -0.4 is 0 Å². The summed E-state index contributed by atoms with van der Waals surface area (Å²) in [7, 11) is 0. The van der Waals surface area contributed by atoms with Crippen LogP contribution in [0.2, 0.25) is 0 Å². The maximum Gasteiger partial charge on any atom is 0.0905 e. The molecule has 0 atom stereocenters. The molecule has 0 aliphatic heterocycles. The van der Waals surface area contributed by atoms with E-state index in [1.165, 1.54) is 4.90 Å². The Hall–Kier alpha value is -1.61. The molecule has 1 aromatic heterocycles. The van der Waals surface area contributed by atoms with Gasteiger partial charge in [0.05, 0.1) is 22.1 Å². The monoisotopic (exact) mass is 226 g/mol. The van der Waals surface area contributed by atoms with Crippen LogP contribution in [0.25, 0.3) is 22.1 Å². The molecule has 3 aromatic rings. The van der Waals surface area contributed by atoms with Gasteiger partial charge in [-0.25, -0.2) is 9.97 Å². The van der Waals surface area contributed by atoms with Gasteiger partial charge in [-0.2, -0.15) is 0 Å². The van der Waals surface area contributed by atoms with Crippen LogP contribution >= 0.6 is 11.8 Å². The van der Waals surface area contributed by atoms with Crippen LogP contribution in [0.4, 0.5) is 0 Å². The van der Waals surface area contributed by atoms with Crippen molar-refractivity contribution in [3.63, 3.8) is 0 Å². The van der Waals surface area contributed by atoms with Crippen molar-refractivity contribution in [1.29, 1.82) is 0 Å². The maximum atomic E-state index is 4.61. The molecule has 0 amide bonds. The number of nitrogens with zero attached hydrogens (tertiary/aromatic N) is 2. The lowest BCUT2D eigenvalue weighted by Crippen LogP contribution is -1.87. The lowest BCUT2D eigenvalue weighted by atomic mass is 10.2. The van der Waals surface area contributed by atoms with Gasteiger partial charge in [-0.05, 0) is 36.6 Å². The third-order valence-corrected chi connectivity index (χ3v) is 3.27. The van der Waals surface area contributed by atoms with E-state index in [0.717, 1.165) is 22.1 Å². The molecular weight excluding hydrogens is 216 g/mol. The van der Waals surface area contributed by atoms with Crippen molar-refractivity contribution in [3.8, 4) is 0 Å². The zero-order valence-electron chi connectivity index (χ0n) is 8.84. The van der Waals surface area contributed by atoms with Crippen molar-refractivity contribution in [2.45, 2.75) is 4.90 Å². The molecule has 0 spiro atoms. The summed E-state index contributed by atoms with van der Waals surface area (Å²) in [5.41, 5.74) is 3.82. The number of hydrogen-bond acceptors (Lipinski definition) is 3. The number of rotatable bonds is 1. The Bertz CT molecular complexity index is 664. The van der Waals surface area contributed by atoms with Crippen LogP contribution in [0, 0.1) is 0 Å². The predicted molar refractivity (Wildman–Crippen MR) is 68.8 cm³/mol. The van der Waals surface area contributed by atoms with E-state index in [0.29, 0.717) is 0 Å². The minimum absolute atomic E-state index is 0.951. The second-order valence-electron chi connectivity index (χ2n) is 3.57. The molecule has 3 heteroatoms. The molecule has 0 radical (unpaired) electrons. The van der Waals surface area contributed by atoms with E-state index in [4.69, 9.17) is 0 Å². The van der Waals surface area contributed by atoms with Crippen molar-refractivity contribution in [2.24, 2.45) is 0 Å². The molecular formula is C13H10N2S. The van der Waals surface area contributed by atoms with Crippen LogP contribution in [0.1, 0.15) is 0 Å². The standard InChI is InChI=1S/C13H10N2S/c1-16-9-6-7-12-13(8-9)15-11-5-3-2-4-10(11)14-12/h2-8H,1H3. The van der Waals surface area contributed by atoms with Crippen LogP contribution in [0.5, 0.6) is 0 Å². The van der Waals surface area contributed by atoms with Crippen molar-refractivity contribution >= 4 is 33.8 Å². The van der Waals surface area contributed by atoms with E-state index in [9.17, 15) is 0 Å². The van der Waals surface area contributed by atoms with Gasteiger partial charge in [0.25, 0.3) is 0 Å². The summed E-state index contributed by atoms with van der Waals surface area (Å²) in [6, 6.07) is 14.1. The first-order chi connectivity index (χ1) is 7.86. The summed E-state index contributed by atoms with van der Waals surface area (Å²) in [6.45, 7) is 0. The van der Waals surface area contributed by atoms with Crippen LogP contribution in [-0.4, -0.2) is 16.2 Å². The highest BCUT2D eigenvalue weighted by Crippen LogP contribution is 2.21. The zero-order valence-corrected chi connectivity index (χ0v) is 9.66. The minimum Gasteiger partial charge on any atom is -0.245 e. The van der Waals surface area contributed by atoms with E-state index < -0.39 is 0 Å². The van der Waals surface area contributed by atoms with Gasteiger partial charge in [-0.3, -0.25) is 0 Å². The van der Waals surface area contributed by atoms with Crippen molar-refractivity contribution in [1.82, 2.24) is 9.97 Å². The molecule has 0 bridgehead atoms. The van der Waals surface area contributed by atoms with Crippen LogP contribution in [-0.2, 0) is 0 Å². The van der Waals surface area contributed by atoms with E-state index in [1.54, 1.807) is 11.8 Å². The summed E-state index contributed by atoms with van der Waals surface area (Å²) in [6.07, 6.45) is 2.07. The molecule has 0 N–H and O–H groups in total. The molecule has 78 valence electrons. The molecule has 2 nitrogen and oxygen atoms in total. The Balaban J connectivity index is 2.37. The fraction of sp³-hybridized carbons (Fsp3) is 0.0769. The van der Waals surface area contributed by atoms with Crippen LogP contribution in [0.3, 0.4) is 0 Å². The average Bonchev–Trinajstić information content (AvgIpc) is 2.35. The van der Waals surface area contributed by atoms with Crippen LogP contribution in [0.15, 0.2) is 47.4 Å². The second-order valence-corrected chi connectivity index (χ2v) is 4.45. The summed E-state index contributed by atoms with van der Waals surface area (Å²) >= 11 is 1.72. The topological polar surface area (TPSA) is 25.8 Å². The van der Waals surface area contributed by atoms with Gasteiger partial charge < -0.3 is 0 Å². The van der Waals surface area contributed by atoms with Gasteiger partial charge in [0.1, 0.15) is 0 Å². The van der Waals surface area contributed by atoms with Gasteiger partial charge >= 0.3 is 0 Å². The smallest absolute Gasteiger partial charge is 0.0905 e. The van der Waals surface area contributed by atoms with Gasteiger partial charge in [-0.15, -0.1) is 11.8 Å². The molecule has 1 heterocycles. The lowest BCUT2D eigenvalue weighted by Gasteiger charge is -2.02. The fourth-order valence-electron chi connectivity index (χ4n) is 1.73. The number of aromatic nitrogens is 2. The quantitative estimate of drug-likeness (QED) is 0.469. The predicted octanol–water partition coefficient (Wildman–Crippen LogP) is 3.50. The number of thioether (sulfide) groups is 1. The molecule has 0 aliphatic carbocycles. The minimum atomic E-state index is 0.951. The Morgan fingerprint density at radius 3 is 2.12 bits per heavy atom. The molecule has 2 aromatic carbocycles. The first-order valence-corrected chi connectivity index (χ1v) is 6.30. The second kappa shape index (κ2) is 3.76. The Morgan fingerprint density at radius 1 is 0.812 bits per heavy atom. The number of hydrogen-bond donors (Lipinski definition) is 0. The van der Waals surface area contributed by atoms with Gasteiger partial charge in [-0.1, -0.05) is 12.1 Å². The Labute approximate surface area is 97.7 Å². The molecule has 0 aliphatic rings. The lowest BCUT2D eigenvalue weighted by molar-refractivity contribution is 1.36. The zero-order chi connectivity index (χ0) is 11.0. The summed E-state index contributed by atoms with van der Waals surface area (Å²) < 4.78 is 0. The van der Waals surface area contributed by atoms with Gasteiger partial charge in [0.2, 0.25) is 0 Å². The molecule has 16 heavy (non-hydrogen) atoms. The first-order valence-electron chi connectivity index (χ1n) is 5.07. The highest BCUT2D eigenvalue weighted by Gasteiger charge is 2.01. The number of fused-ring (bicyclic) bond motifs is 2. The molecule has 0 saturated carbocycles. The SMILES string of the molecule is CSc1ccc2nc3ccccc3nc2c1. The van der Waals surface area contributed by atoms with E-state index in [-0.39, 0.29) is 0 Å². The number of para-hydroxylation sites is 2. The van der Waals surface area contributed by atoms with Crippen molar-refractivity contribution < 1.29 is 0 Å². The molecule has 0 fully saturated rings. The highest BCUT2D eigenvalue weighted by molar-refractivity contribution is 7.98. The molecule has 3 rings (SSSR count). The molecule has 0 unspecified atom stereocenters. The number of benzene rings is 2. The van der Waals surface area contributed by atoms with E-state index >= 15 is 0 Å². The average molecular weight is 226 g/mol. The third-order valence-electron chi connectivity index (χ3n) is 2.55. The van der Waals surface area contributed by atoms with Gasteiger partial charge in [0, 0.05) is 4.90 Å². The third kappa shape index (κ3) is 1.53. The highest BCUT2D eigenvalue weighted by atomic mass is 32.2. The first kappa shape index (κ1) is 9.60. The Morgan fingerprint density at radius 2 is 1.44 bits per heavy atom. The van der Waals surface area contributed by atoms with E-state index in [1.807, 2.05) is 30.3 Å². The largest absolute Gasteiger partial charge is 0.245 e. The van der Waals surface area contributed by atoms with Gasteiger partial charge in [0.15, 0.2) is 0 Å². The molecule has 0 saturated heterocycles. The summed E-state index contributed by atoms with van der Waals surface area (Å²) in [5.74, 6) is 0. The summed E-state index contributed by atoms with van der Waals surface area (Å²) in [5, 5.41) is 0. The summed E-state index contributed by atoms with van der Waals surface area (Å²) in [4.78, 5) is 10.4. The maximum absolute atomic E-state index is 4.61. The van der Waals surface area contributed by atoms with Crippen molar-refractivity contribution in [2.75, 3.05) is 6.26 Å². The normalized spacial score (nSPS) is 11.1. The van der Waals surface area contributed by atoms with Crippen molar-refractivity contribution in [3.05, 3.63) is 42.5 Å². The Kier molecular flexibility index (Phi) is 2.26. The van der Waals surface area contributed by atoms with E-state index in [2.05, 4.69) is 28.4 Å².